The summed E-state index contributed by atoms with van der Waals surface area (Å²) in [7, 11) is 0.236. The standard InChI is InChI=1S/C27H37N5O3S/c1-17(2)21(11-12-28-6)27(29-7)26-19(4)23(15-24(31-26)32-13-14-35-16-18(32)3)22-9-10-25(30-20(22)5)36(8,33)34/h9-12,15,18,28H,13-14,16H2,1-8H3/b12-11-,29-27?/t18-/m1/s1. The van der Waals surface area contributed by atoms with E-state index in [4.69, 9.17) is 9.72 Å². The molecule has 0 bridgehead atoms. The third kappa shape index (κ3) is 5.84. The molecule has 1 N–H and O–H groups in total. The maximum Gasteiger partial charge on any atom is 0.192 e. The minimum absolute atomic E-state index is 0.0672. The molecule has 36 heavy (non-hydrogen) atoms. The molecule has 2 aromatic heterocycles. The quantitative estimate of drug-likeness (QED) is 0.445. The zero-order valence-corrected chi connectivity index (χ0v) is 23.3. The summed E-state index contributed by atoms with van der Waals surface area (Å²) in [5, 5.41) is 3.13. The summed E-state index contributed by atoms with van der Waals surface area (Å²) < 4.78 is 29.8. The van der Waals surface area contributed by atoms with Crippen LogP contribution >= 0.6 is 0 Å². The highest BCUT2D eigenvalue weighted by Gasteiger charge is 2.25. The van der Waals surface area contributed by atoms with Crippen molar-refractivity contribution in [2.24, 2.45) is 4.99 Å². The molecule has 0 amide bonds. The third-order valence-electron chi connectivity index (χ3n) is 6.31. The van der Waals surface area contributed by atoms with Gasteiger partial charge in [0, 0.05) is 43.7 Å². The van der Waals surface area contributed by atoms with Gasteiger partial charge in [0.1, 0.15) is 5.82 Å². The number of rotatable bonds is 7. The van der Waals surface area contributed by atoms with E-state index in [1.54, 1.807) is 13.1 Å². The smallest absolute Gasteiger partial charge is 0.192 e. The summed E-state index contributed by atoms with van der Waals surface area (Å²) in [6.45, 7) is 12.1. The Hall–Kier alpha value is -3.04. The molecule has 3 rings (SSSR count). The largest absolute Gasteiger partial charge is 0.394 e. The second-order valence-electron chi connectivity index (χ2n) is 9.28. The number of allylic oxidation sites excluding steroid dienone is 3. The molecule has 3 heterocycles. The fourth-order valence-corrected chi connectivity index (χ4v) is 4.97. The number of anilines is 1. The van der Waals surface area contributed by atoms with Gasteiger partial charge in [-0.3, -0.25) is 4.99 Å². The normalized spacial score (nSPS) is 16.9. The number of hydrogen-bond acceptors (Lipinski definition) is 8. The van der Waals surface area contributed by atoms with E-state index in [2.05, 4.69) is 47.0 Å². The van der Waals surface area contributed by atoms with Gasteiger partial charge in [0.05, 0.1) is 30.7 Å². The van der Waals surface area contributed by atoms with Crippen molar-refractivity contribution in [3.05, 3.63) is 58.6 Å². The van der Waals surface area contributed by atoms with Crippen molar-refractivity contribution in [1.82, 2.24) is 15.3 Å². The second kappa shape index (κ2) is 11.3. The van der Waals surface area contributed by atoms with Gasteiger partial charge in [-0.25, -0.2) is 18.4 Å². The molecule has 1 aliphatic heterocycles. The first-order chi connectivity index (χ1) is 17.0. The van der Waals surface area contributed by atoms with Crippen LogP contribution in [0.4, 0.5) is 5.82 Å². The average molecular weight is 512 g/mol. The molecule has 1 atom stereocenters. The molecular formula is C27H37N5O3S. The van der Waals surface area contributed by atoms with Crippen LogP contribution in [-0.4, -0.2) is 70.2 Å². The molecule has 0 radical (unpaired) electrons. The predicted octanol–water partition coefficient (Wildman–Crippen LogP) is 3.88. The van der Waals surface area contributed by atoms with Crippen molar-refractivity contribution in [3.63, 3.8) is 0 Å². The van der Waals surface area contributed by atoms with E-state index in [9.17, 15) is 8.42 Å². The summed E-state index contributed by atoms with van der Waals surface area (Å²) in [5.41, 5.74) is 7.10. The van der Waals surface area contributed by atoms with E-state index in [1.165, 1.54) is 6.26 Å². The minimum Gasteiger partial charge on any atom is -0.394 e. The van der Waals surface area contributed by atoms with Gasteiger partial charge in [0.15, 0.2) is 14.9 Å². The number of nitrogens with one attached hydrogen (secondary N) is 1. The van der Waals surface area contributed by atoms with Crippen molar-refractivity contribution in [3.8, 4) is 11.1 Å². The number of aromatic nitrogens is 2. The monoisotopic (exact) mass is 511 g/mol. The lowest BCUT2D eigenvalue weighted by atomic mass is 9.93. The van der Waals surface area contributed by atoms with Crippen LogP contribution in [-0.2, 0) is 14.6 Å². The van der Waals surface area contributed by atoms with Crippen LogP contribution < -0.4 is 10.2 Å². The lowest BCUT2D eigenvalue weighted by molar-refractivity contribution is 0.0985. The van der Waals surface area contributed by atoms with Crippen LogP contribution in [0.3, 0.4) is 0 Å². The van der Waals surface area contributed by atoms with E-state index < -0.39 is 9.84 Å². The number of aryl methyl sites for hydroxylation is 1. The number of sulfone groups is 1. The van der Waals surface area contributed by atoms with Crippen molar-refractivity contribution in [1.29, 1.82) is 0 Å². The fourth-order valence-electron chi connectivity index (χ4n) is 4.35. The van der Waals surface area contributed by atoms with E-state index >= 15 is 0 Å². The van der Waals surface area contributed by atoms with Crippen molar-refractivity contribution < 1.29 is 13.2 Å². The maximum absolute atomic E-state index is 12.1. The Morgan fingerprint density at radius 3 is 2.50 bits per heavy atom. The van der Waals surface area contributed by atoms with Crippen LogP contribution in [0.1, 0.15) is 37.7 Å². The molecule has 0 aromatic carbocycles. The highest BCUT2D eigenvalue weighted by atomic mass is 32.2. The molecule has 8 nitrogen and oxygen atoms in total. The molecule has 2 aromatic rings. The van der Waals surface area contributed by atoms with Crippen LogP contribution in [0.5, 0.6) is 0 Å². The first-order valence-corrected chi connectivity index (χ1v) is 13.9. The van der Waals surface area contributed by atoms with E-state index in [-0.39, 0.29) is 11.1 Å². The molecule has 0 saturated carbocycles. The second-order valence-corrected chi connectivity index (χ2v) is 11.2. The van der Waals surface area contributed by atoms with E-state index in [0.29, 0.717) is 18.9 Å². The van der Waals surface area contributed by atoms with Gasteiger partial charge < -0.3 is 15.0 Å². The summed E-state index contributed by atoms with van der Waals surface area (Å²) in [4.78, 5) is 16.5. The maximum atomic E-state index is 12.1. The molecule has 0 unspecified atom stereocenters. The summed E-state index contributed by atoms with van der Waals surface area (Å²) in [6, 6.07) is 5.64. The number of morpholine rings is 1. The number of aliphatic imine (C=N–C) groups is 1. The zero-order chi connectivity index (χ0) is 26.6. The molecule has 9 heteroatoms. The Balaban J connectivity index is 2.31. The topological polar surface area (TPSA) is 96.8 Å². The Morgan fingerprint density at radius 1 is 1.22 bits per heavy atom. The van der Waals surface area contributed by atoms with Gasteiger partial charge in [-0.05, 0) is 76.2 Å². The van der Waals surface area contributed by atoms with Crippen LogP contribution in [0.15, 0.2) is 51.6 Å². The van der Waals surface area contributed by atoms with Gasteiger partial charge in [-0.15, -0.1) is 0 Å². The SMILES string of the molecule is CN=C(C(/C=C\NC)=C(C)C)c1nc(N2CCOC[C@H]2C)cc(-c2ccc(S(C)(=O)=O)nc2C)c1C. The first kappa shape index (κ1) is 27.5. The van der Waals surface area contributed by atoms with Crippen molar-refractivity contribution >= 4 is 21.4 Å². The van der Waals surface area contributed by atoms with Crippen LogP contribution in [0, 0.1) is 13.8 Å². The Labute approximate surface area is 215 Å². The van der Waals surface area contributed by atoms with E-state index in [0.717, 1.165) is 51.6 Å². The third-order valence-corrected chi connectivity index (χ3v) is 7.30. The average Bonchev–Trinajstić information content (AvgIpc) is 2.82. The molecular weight excluding hydrogens is 474 g/mol. The highest BCUT2D eigenvalue weighted by molar-refractivity contribution is 7.90. The van der Waals surface area contributed by atoms with Gasteiger partial charge >= 0.3 is 0 Å². The van der Waals surface area contributed by atoms with Gasteiger partial charge in [0.25, 0.3) is 0 Å². The molecule has 1 aliphatic rings. The lowest BCUT2D eigenvalue weighted by Crippen LogP contribution is -2.44. The fraction of sp³-hybridized carbons (Fsp3) is 0.444. The number of hydrogen-bond donors (Lipinski definition) is 1. The summed E-state index contributed by atoms with van der Waals surface area (Å²) >= 11 is 0. The predicted molar refractivity (Wildman–Crippen MR) is 147 cm³/mol. The number of nitrogens with zero attached hydrogens (tertiary/aromatic N) is 4. The van der Waals surface area contributed by atoms with E-state index in [1.807, 2.05) is 39.2 Å². The van der Waals surface area contributed by atoms with Gasteiger partial charge in [-0.2, -0.15) is 0 Å². The Morgan fingerprint density at radius 2 is 1.94 bits per heavy atom. The molecule has 0 spiro atoms. The summed E-state index contributed by atoms with van der Waals surface area (Å²) in [6.07, 6.45) is 5.07. The summed E-state index contributed by atoms with van der Waals surface area (Å²) in [5.74, 6) is 0.833. The molecule has 0 aliphatic carbocycles. The van der Waals surface area contributed by atoms with Crippen LogP contribution in [0.2, 0.25) is 0 Å². The van der Waals surface area contributed by atoms with Gasteiger partial charge in [-0.1, -0.05) is 5.57 Å². The molecule has 194 valence electrons. The Kier molecular flexibility index (Phi) is 8.68. The zero-order valence-electron chi connectivity index (χ0n) is 22.5. The number of pyridine rings is 2. The van der Waals surface area contributed by atoms with Crippen molar-refractivity contribution in [2.75, 3.05) is 45.0 Å². The first-order valence-electron chi connectivity index (χ1n) is 12.0. The van der Waals surface area contributed by atoms with Crippen LogP contribution in [0.25, 0.3) is 11.1 Å². The van der Waals surface area contributed by atoms with Gasteiger partial charge in [0.2, 0.25) is 0 Å². The molecule has 1 fully saturated rings. The lowest BCUT2D eigenvalue weighted by Gasteiger charge is -2.35. The number of ether oxygens (including phenoxy) is 1. The molecule has 1 saturated heterocycles. The Bertz CT molecular complexity index is 1330. The minimum atomic E-state index is -3.41. The van der Waals surface area contributed by atoms with Crippen molar-refractivity contribution in [2.45, 2.75) is 45.7 Å². The highest BCUT2D eigenvalue weighted by Crippen LogP contribution is 2.34.